The molecule has 0 saturated carbocycles. The smallest absolute Gasteiger partial charge is 0.251 e. The van der Waals surface area contributed by atoms with Crippen molar-refractivity contribution in [3.8, 4) is 0 Å². The molecule has 2 nitrogen and oxygen atoms in total. The number of thioether (sulfide) groups is 1. The second kappa shape index (κ2) is 5.78. The van der Waals surface area contributed by atoms with E-state index in [-0.39, 0.29) is 5.56 Å². The fraction of sp³-hybridized carbons (Fsp3) is 0.167. The molecule has 0 aliphatic heterocycles. The molecular formula is C18H17NOS. The maximum absolute atomic E-state index is 12.1. The summed E-state index contributed by atoms with van der Waals surface area (Å²) >= 11 is 1.74. The summed E-state index contributed by atoms with van der Waals surface area (Å²) in [6, 6.07) is 18.4. The van der Waals surface area contributed by atoms with Crippen molar-refractivity contribution in [3.63, 3.8) is 0 Å². The molecule has 0 aliphatic rings. The summed E-state index contributed by atoms with van der Waals surface area (Å²) in [5.74, 6) is 0. The van der Waals surface area contributed by atoms with Gasteiger partial charge in [-0.1, -0.05) is 30.3 Å². The molecule has 3 aromatic rings. The topological polar surface area (TPSA) is 22.0 Å². The Kier molecular flexibility index (Phi) is 3.84. The normalized spacial score (nSPS) is 11.0. The van der Waals surface area contributed by atoms with E-state index in [1.807, 2.05) is 25.2 Å². The monoisotopic (exact) mass is 295 g/mol. The van der Waals surface area contributed by atoms with E-state index in [0.29, 0.717) is 0 Å². The minimum atomic E-state index is 0.0458. The fourth-order valence-electron chi connectivity index (χ4n) is 2.59. The third-order valence-electron chi connectivity index (χ3n) is 3.79. The van der Waals surface area contributed by atoms with Crippen LogP contribution >= 0.6 is 11.8 Å². The van der Waals surface area contributed by atoms with Gasteiger partial charge in [0.05, 0.1) is 5.52 Å². The molecule has 0 fully saturated rings. The Balaban J connectivity index is 2.07. The Hall–Kier alpha value is -2.00. The van der Waals surface area contributed by atoms with Gasteiger partial charge in [-0.25, -0.2) is 0 Å². The molecular weight excluding hydrogens is 278 g/mol. The van der Waals surface area contributed by atoms with Gasteiger partial charge in [-0.2, -0.15) is 0 Å². The van der Waals surface area contributed by atoms with Crippen LogP contribution < -0.4 is 5.56 Å². The summed E-state index contributed by atoms with van der Waals surface area (Å²) in [7, 11) is 1.82. The molecule has 0 bridgehead atoms. The second-order valence-electron chi connectivity index (χ2n) is 5.11. The van der Waals surface area contributed by atoms with E-state index >= 15 is 0 Å². The van der Waals surface area contributed by atoms with E-state index in [1.54, 1.807) is 22.4 Å². The first-order valence-electron chi connectivity index (χ1n) is 6.89. The molecule has 0 saturated heterocycles. The third-order valence-corrected chi connectivity index (χ3v) is 4.54. The van der Waals surface area contributed by atoms with Gasteiger partial charge < -0.3 is 4.57 Å². The third kappa shape index (κ3) is 2.74. The van der Waals surface area contributed by atoms with Crippen LogP contribution in [0.2, 0.25) is 0 Å². The zero-order valence-electron chi connectivity index (χ0n) is 12.2. The zero-order valence-corrected chi connectivity index (χ0v) is 13.0. The van der Waals surface area contributed by atoms with Gasteiger partial charge in [0.25, 0.3) is 5.56 Å². The van der Waals surface area contributed by atoms with Crippen molar-refractivity contribution in [1.29, 1.82) is 0 Å². The SMILES string of the molecule is CSc1ccc(Cc2cc(=O)n(C)c3ccccc23)cc1. The summed E-state index contributed by atoms with van der Waals surface area (Å²) in [5.41, 5.74) is 3.35. The molecule has 0 radical (unpaired) electrons. The Morgan fingerprint density at radius 3 is 2.48 bits per heavy atom. The van der Waals surface area contributed by atoms with Gasteiger partial charge in [0.2, 0.25) is 0 Å². The molecule has 106 valence electrons. The van der Waals surface area contributed by atoms with Crippen LogP contribution in [-0.4, -0.2) is 10.8 Å². The van der Waals surface area contributed by atoms with Crippen molar-refractivity contribution >= 4 is 22.7 Å². The first-order valence-corrected chi connectivity index (χ1v) is 8.12. The molecule has 0 spiro atoms. The van der Waals surface area contributed by atoms with Crippen LogP contribution in [0.15, 0.2) is 64.3 Å². The van der Waals surface area contributed by atoms with Gasteiger partial charge in [0, 0.05) is 23.4 Å². The summed E-state index contributed by atoms with van der Waals surface area (Å²) in [5, 5.41) is 1.15. The van der Waals surface area contributed by atoms with Crippen LogP contribution in [0.5, 0.6) is 0 Å². The fourth-order valence-corrected chi connectivity index (χ4v) is 3.00. The van der Waals surface area contributed by atoms with Crippen LogP contribution in [-0.2, 0) is 13.5 Å². The molecule has 0 N–H and O–H groups in total. The van der Waals surface area contributed by atoms with E-state index in [9.17, 15) is 4.79 Å². The number of aryl methyl sites for hydroxylation is 1. The maximum atomic E-state index is 12.1. The quantitative estimate of drug-likeness (QED) is 0.685. The Labute approximate surface area is 128 Å². The Morgan fingerprint density at radius 2 is 1.76 bits per heavy atom. The average molecular weight is 295 g/mol. The van der Waals surface area contributed by atoms with E-state index in [2.05, 4.69) is 36.6 Å². The lowest BCUT2D eigenvalue weighted by Crippen LogP contribution is -2.17. The van der Waals surface area contributed by atoms with Gasteiger partial charge in [-0.05, 0) is 42.0 Å². The molecule has 0 aliphatic carbocycles. The number of hydrogen-bond acceptors (Lipinski definition) is 2. The molecule has 1 heterocycles. The number of benzene rings is 2. The lowest BCUT2D eigenvalue weighted by molar-refractivity contribution is 0.899. The highest BCUT2D eigenvalue weighted by molar-refractivity contribution is 7.98. The van der Waals surface area contributed by atoms with Crippen LogP contribution in [0.4, 0.5) is 0 Å². The second-order valence-corrected chi connectivity index (χ2v) is 5.99. The lowest BCUT2D eigenvalue weighted by atomic mass is 10.0. The molecule has 21 heavy (non-hydrogen) atoms. The number of hydrogen-bond donors (Lipinski definition) is 0. The van der Waals surface area contributed by atoms with Crippen LogP contribution in [0, 0.1) is 0 Å². The Bertz CT molecular complexity index is 834. The maximum Gasteiger partial charge on any atom is 0.251 e. The number of fused-ring (bicyclic) bond motifs is 1. The van der Waals surface area contributed by atoms with E-state index in [0.717, 1.165) is 22.9 Å². The van der Waals surface area contributed by atoms with Gasteiger partial charge in [-0.15, -0.1) is 11.8 Å². The first-order chi connectivity index (χ1) is 10.2. The molecule has 3 heteroatoms. The average Bonchev–Trinajstić information content (AvgIpc) is 2.53. The molecule has 0 unspecified atom stereocenters. The molecule has 0 atom stereocenters. The highest BCUT2D eigenvalue weighted by Gasteiger charge is 2.07. The van der Waals surface area contributed by atoms with Crippen LogP contribution in [0.3, 0.4) is 0 Å². The highest BCUT2D eigenvalue weighted by Crippen LogP contribution is 2.21. The molecule has 1 aromatic heterocycles. The highest BCUT2D eigenvalue weighted by atomic mass is 32.2. The van der Waals surface area contributed by atoms with E-state index in [1.165, 1.54) is 10.5 Å². The van der Waals surface area contributed by atoms with Crippen LogP contribution in [0.1, 0.15) is 11.1 Å². The lowest BCUT2D eigenvalue weighted by Gasteiger charge is -2.10. The number of aromatic nitrogens is 1. The predicted molar refractivity (Wildman–Crippen MR) is 90.2 cm³/mol. The minimum Gasteiger partial charge on any atom is -0.311 e. The van der Waals surface area contributed by atoms with Crippen molar-refractivity contribution in [2.45, 2.75) is 11.3 Å². The first kappa shape index (κ1) is 14.0. The largest absolute Gasteiger partial charge is 0.311 e. The molecule has 2 aromatic carbocycles. The van der Waals surface area contributed by atoms with E-state index < -0.39 is 0 Å². The number of para-hydroxylation sites is 1. The van der Waals surface area contributed by atoms with Crippen molar-refractivity contribution in [3.05, 3.63) is 76.1 Å². The van der Waals surface area contributed by atoms with Crippen molar-refractivity contribution in [2.24, 2.45) is 7.05 Å². The summed E-state index contributed by atoms with van der Waals surface area (Å²) < 4.78 is 1.70. The minimum absolute atomic E-state index is 0.0458. The van der Waals surface area contributed by atoms with Gasteiger partial charge in [-0.3, -0.25) is 4.79 Å². The van der Waals surface area contributed by atoms with Crippen LogP contribution in [0.25, 0.3) is 10.9 Å². The number of rotatable bonds is 3. The standard InChI is InChI=1S/C18H17NOS/c1-19-17-6-4-3-5-16(17)14(12-18(19)20)11-13-7-9-15(21-2)10-8-13/h3-10,12H,11H2,1-2H3. The van der Waals surface area contributed by atoms with Crippen molar-refractivity contribution in [1.82, 2.24) is 4.57 Å². The zero-order chi connectivity index (χ0) is 14.8. The summed E-state index contributed by atoms with van der Waals surface area (Å²) in [4.78, 5) is 13.4. The van der Waals surface area contributed by atoms with Gasteiger partial charge in [0.1, 0.15) is 0 Å². The van der Waals surface area contributed by atoms with Gasteiger partial charge >= 0.3 is 0 Å². The van der Waals surface area contributed by atoms with Gasteiger partial charge in [0.15, 0.2) is 0 Å². The molecule has 3 rings (SSSR count). The molecule has 0 amide bonds. The number of pyridine rings is 1. The summed E-state index contributed by atoms with van der Waals surface area (Å²) in [6.07, 6.45) is 2.86. The van der Waals surface area contributed by atoms with E-state index in [4.69, 9.17) is 0 Å². The van der Waals surface area contributed by atoms with Crippen molar-refractivity contribution < 1.29 is 0 Å². The number of nitrogens with zero attached hydrogens (tertiary/aromatic N) is 1. The van der Waals surface area contributed by atoms with Crippen molar-refractivity contribution in [2.75, 3.05) is 6.26 Å². The predicted octanol–water partition coefficient (Wildman–Crippen LogP) is 3.85. The summed E-state index contributed by atoms with van der Waals surface area (Å²) in [6.45, 7) is 0. The Morgan fingerprint density at radius 1 is 1.05 bits per heavy atom.